The van der Waals surface area contributed by atoms with Gasteiger partial charge in [-0.05, 0) is 12.8 Å². The minimum absolute atomic E-state index is 0.128. The summed E-state index contributed by atoms with van der Waals surface area (Å²) >= 11 is 0. The molecule has 4 N–H and O–H groups in total. The average Bonchev–Trinajstić information content (AvgIpc) is 2.47. The zero-order valence-corrected chi connectivity index (χ0v) is 9.46. The summed E-state index contributed by atoms with van der Waals surface area (Å²) in [6.45, 7) is 2.23. The van der Waals surface area contributed by atoms with Crippen LogP contribution in [0.25, 0.3) is 0 Å². The molecule has 1 fully saturated rings. The van der Waals surface area contributed by atoms with Crippen molar-refractivity contribution in [2.75, 3.05) is 0 Å². The third-order valence-corrected chi connectivity index (χ3v) is 3.28. The largest absolute Gasteiger partial charge is 0.343 e. The van der Waals surface area contributed by atoms with E-state index in [4.69, 9.17) is 10.5 Å². The Balaban J connectivity index is 1.88. The number of unbranched alkanes of at least 4 members (excludes halogenated alkanes) is 2. The van der Waals surface area contributed by atoms with Gasteiger partial charge < -0.3 is 4.74 Å². The van der Waals surface area contributed by atoms with Crippen molar-refractivity contribution in [3.05, 3.63) is 0 Å². The van der Waals surface area contributed by atoms with Gasteiger partial charge in [0, 0.05) is 6.42 Å². The predicted octanol–water partition coefficient (Wildman–Crippen LogP) is -0.561. The van der Waals surface area contributed by atoms with E-state index in [1.165, 1.54) is 19.3 Å². The summed E-state index contributed by atoms with van der Waals surface area (Å²) < 4.78 is 5.95. The molecule has 4 nitrogen and oxygen atoms in total. The number of hydrogen-bond acceptors (Lipinski definition) is 3. The highest BCUT2D eigenvalue weighted by Crippen LogP contribution is 2.21. The molecule has 0 radical (unpaired) electrons. The van der Waals surface area contributed by atoms with Gasteiger partial charge in [0.25, 0.3) is 0 Å². The Morgan fingerprint density at radius 3 is 3.13 bits per heavy atom. The molecular formula is C11H22N3O+. The zero-order chi connectivity index (χ0) is 10.7. The molecular weight excluding hydrogens is 190 g/mol. The number of fused-ring (bicyclic) bond motifs is 3. The Morgan fingerprint density at radius 1 is 1.47 bits per heavy atom. The SMILES string of the molecule is CCCCC[C@H]1O[C@@H]2CC[C@H]1NC(N)=[NH+]2. The van der Waals surface area contributed by atoms with Gasteiger partial charge in [0.05, 0.1) is 6.10 Å². The van der Waals surface area contributed by atoms with Crippen LogP contribution < -0.4 is 16.0 Å². The number of hydrogen-bond donors (Lipinski definition) is 3. The summed E-state index contributed by atoms with van der Waals surface area (Å²) in [5, 5.41) is 3.31. The number of ether oxygens (including phenoxy) is 1. The van der Waals surface area contributed by atoms with E-state index in [0.29, 0.717) is 18.1 Å². The van der Waals surface area contributed by atoms with Crippen molar-refractivity contribution in [1.29, 1.82) is 0 Å². The highest BCUT2D eigenvalue weighted by molar-refractivity contribution is 5.72. The fourth-order valence-electron chi connectivity index (χ4n) is 2.44. The minimum Gasteiger partial charge on any atom is -0.339 e. The summed E-state index contributed by atoms with van der Waals surface area (Å²) in [5.74, 6) is 0.681. The fourth-order valence-corrected chi connectivity index (χ4v) is 2.44. The Hall–Kier alpha value is -0.770. The number of nitrogens with two attached hydrogens (primary N) is 1. The number of rotatable bonds is 4. The third-order valence-electron chi connectivity index (χ3n) is 3.28. The van der Waals surface area contributed by atoms with Crippen molar-refractivity contribution < 1.29 is 9.73 Å². The minimum atomic E-state index is 0.128. The van der Waals surface area contributed by atoms with Crippen LogP contribution in [-0.4, -0.2) is 24.3 Å². The predicted molar refractivity (Wildman–Crippen MR) is 59.1 cm³/mol. The Morgan fingerprint density at radius 2 is 2.33 bits per heavy atom. The van der Waals surface area contributed by atoms with Gasteiger partial charge in [-0.1, -0.05) is 26.2 Å². The fraction of sp³-hybridized carbons (Fsp3) is 0.909. The molecule has 1 saturated heterocycles. The number of nitrogens with one attached hydrogen (secondary N) is 2. The van der Waals surface area contributed by atoms with Gasteiger partial charge in [-0.25, -0.2) is 0 Å². The van der Waals surface area contributed by atoms with E-state index in [9.17, 15) is 0 Å². The highest BCUT2D eigenvalue weighted by atomic mass is 16.5. The molecule has 0 aromatic rings. The van der Waals surface area contributed by atoms with Gasteiger partial charge in [-0.15, -0.1) is 0 Å². The lowest BCUT2D eigenvalue weighted by Crippen LogP contribution is -2.83. The van der Waals surface area contributed by atoms with Crippen molar-refractivity contribution in [2.45, 2.75) is 63.8 Å². The lowest BCUT2D eigenvalue weighted by atomic mass is 9.97. The van der Waals surface area contributed by atoms with Crippen molar-refractivity contribution in [2.24, 2.45) is 5.73 Å². The van der Waals surface area contributed by atoms with Gasteiger partial charge in [0.1, 0.15) is 6.04 Å². The standard InChI is InChI=1S/C11H21N3O/c1-2-3-4-5-9-8-6-7-10(15-9)14-11(12)13-8/h8-10H,2-7H2,1H3,(H3,12,13,14)/p+1/t8-,9-,10-/m1/s1. The molecule has 15 heavy (non-hydrogen) atoms. The van der Waals surface area contributed by atoms with Crippen LogP contribution in [0.5, 0.6) is 0 Å². The smallest absolute Gasteiger partial charge is 0.339 e. The second-order valence-electron chi connectivity index (χ2n) is 4.55. The van der Waals surface area contributed by atoms with Crippen molar-refractivity contribution in [1.82, 2.24) is 5.32 Å². The molecule has 3 aliphatic heterocycles. The van der Waals surface area contributed by atoms with E-state index in [1.54, 1.807) is 0 Å². The molecule has 3 aliphatic rings. The van der Waals surface area contributed by atoms with E-state index < -0.39 is 0 Å². The molecule has 0 aromatic carbocycles. The Kier molecular flexibility index (Phi) is 3.46. The van der Waals surface area contributed by atoms with Crippen molar-refractivity contribution in [3.8, 4) is 0 Å². The zero-order valence-electron chi connectivity index (χ0n) is 9.46. The molecule has 4 heteroatoms. The van der Waals surface area contributed by atoms with Crippen LogP contribution in [0.2, 0.25) is 0 Å². The van der Waals surface area contributed by atoms with E-state index in [2.05, 4.69) is 17.2 Å². The first-order chi connectivity index (χ1) is 7.29. The quantitative estimate of drug-likeness (QED) is 0.547. The molecule has 86 valence electrons. The monoisotopic (exact) mass is 212 g/mol. The van der Waals surface area contributed by atoms with Crippen molar-refractivity contribution >= 4 is 5.96 Å². The maximum atomic E-state index is 5.95. The summed E-state index contributed by atoms with van der Waals surface area (Å²) in [6, 6.07) is 0.410. The maximum absolute atomic E-state index is 5.95. The van der Waals surface area contributed by atoms with Crippen LogP contribution in [0.3, 0.4) is 0 Å². The molecule has 0 amide bonds. The molecule has 3 atom stereocenters. The normalized spacial score (nSPS) is 34.5. The van der Waals surface area contributed by atoms with Crippen molar-refractivity contribution in [3.63, 3.8) is 0 Å². The molecule has 0 aromatic heterocycles. The maximum Gasteiger partial charge on any atom is 0.343 e. The lowest BCUT2D eigenvalue weighted by Gasteiger charge is -2.29. The third kappa shape index (κ3) is 2.62. The van der Waals surface area contributed by atoms with Gasteiger partial charge in [0.15, 0.2) is 6.23 Å². The molecule has 0 saturated carbocycles. The van der Waals surface area contributed by atoms with Gasteiger partial charge in [-0.2, -0.15) is 0 Å². The first-order valence-corrected chi connectivity index (χ1v) is 6.10. The van der Waals surface area contributed by atoms with E-state index in [1.807, 2.05) is 0 Å². The van der Waals surface area contributed by atoms with Crippen LogP contribution >= 0.6 is 0 Å². The topological polar surface area (TPSA) is 61.2 Å². The summed E-state index contributed by atoms with van der Waals surface area (Å²) in [6.07, 6.45) is 7.65. The second-order valence-corrected chi connectivity index (χ2v) is 4.55. The molecule has 3 rings (SSSR count). The Labute approximate surface area is 91.3 Å². The van der Waals surface area contributed by atoms with Gasteiger partial charge >= 0.3 is 5.96 Å². The summed E-state index contributed by atoms with van der Waals surface area (Å²) in [7, 11) is 0. The van der Waals surface area contributed by atoms with Crippen LogP contribution in [0, 0.1) is 0 Å². The van der Waals surface area contributed by atoms with Crippen LogP contribution in [-0.2, 0) is 4.74 Å². The molecule has 2 bridgehead atoms. The van der Waals surface area contributed by atoms with Gasteiger partial charge in [0.2, 0.25) is 0 Å². The average molecular weight is 212 g/mol. The van der Waals surface area contributed by atoms with Crippen LogP contribution in [0.1, 0.15) is 45.4 Å². The second kappa shape index (κ2) is 4.84. The Bertz CT molecular complexity index is 242. The first kappa shape index (κ1) is 10.7. The molecule has 0 spiro atoms. The van der Waals surface area contributed by atoms with E-state index in [0.717, 1.165) is 19.3 Å². The first-order valence-electron chi connectivity index (χ1n) is 6.10. The molecule has 3 heterocycles. The summed E-state index contributed by atoms with van der Waals surface area (Å²) in [5.41, 5.74) is 5.79. The highest BCUT2D eigenvalue weighted by Gasteiger charge is 2.36. The van der Waals surface area contributed by atoms with Crippen LogP contribution in [0.4, 0.5) is 0 Å². The number of guanidine groups is 1. The molecule has 0 aliphatic carbocycles. The van der Waals surface area contributed by atoms with Gasteiger partial charge in [-0.3, -0.25) is 16.0 Å². The van der Waals surface area contributed by atoms with E-state index in [-0.39, 0.29) is 6.23 Å². The van der Waals surface area contributed by atoms with E-state index >= 15 is 0 Å². The molecule has 0 unspecified atom stereocenters. The summed E-state index contributed by atoms with van der Waals surface area (Å²) in [4.78, 5) is 3.15. The van der Waals surface area contributed by atoms with Crippen LogP contribution in [0.15, 0.2) is 0 Å². The lowest BCUT2D eigenvalue weighted by molar-refractivity contribution is -0.569.